The molecule has 2 heterocycles. The van der Waals surface area contributed by atoms with E-state index in [0.29, 0.717) is 36.3 Å². The van der Waals surface area contributed by atoms with Crippen LogP contribution in [-0.4, -0.2) is 43.1 Å². The number of piperidine rings is 1. The van der Waals surface area contributed by atoms with Gasteiger partial charge in [-0.1, -0.05) is 43.7 Å². The summed E-state index contributed by atoms with van der Waals surface area (Å²) in [4.78, 5) is 27.6. The van der Waals surface area contributed by atoms with Crippen molar-refractivity contribution in [1.82, 2.24) is 15.5 Å². The average Bonchev–Trinajstić information content (AvgIpc) is 2.61. The van der Waals surface area contributed by atoms with E-state index >= 15 is 0 Å². The molecule has 0 bridgehead atoms. The van der Waals surface area contributed by atoms with Crippen molar-refractivity contribution < 1.29 is 14.3 Å². The molecule has 0 saturated carbocycles. The predicted molar refractivity (Wildman–Crippen MR) is 109 cm³/mol. The molecule has 6 nitrogen and oxygen atoms in total. The van der Waals surface area contributed by atoms with Crippen LogP contribution in [0.4, 0.5) is 4.79 Å². The molecule has 2 aliphatic heterocycles. The van der Waals surface area contributed by atoms with Crippen LogP contribution in [0.15, 0.2) is 35.5 Å². The Balaban J connectivity index is 1.96. The van der Waals surface area contributed by atoms with E-state index in [1.165, 1.54) is 6.42 Å². The Morgan fingerprint density at radius 2 is 1.82 bits per heavy atom. The monoisotopic (exact) mass is 385 g/mol. The van der Waals surface area contributed by atoms with Crippen molar-refractivity contribution in [2.24, 2.45) is 11.8 Å². The molecule has 2 aliphatic rings. The lowest BCUT2D eigenvalue weighted by Gasteiger charge is -2.37. The number of hydrogen-bond donors (Lipinski definition) is 2. The van der Waals surface area contributed by atoms with E-state index in [2.05, 4.69) is 29.4 Å². The van der Waals surface area contributed by atoms with E-state index in [-0.39, 0.29) is 12.0 Å². The molecule has 1 aromatic carbocycles. The Morgan fingerprint density at radius 3 is 2.43 bits per heavy atom. The molecule has 0 aromatic heterocycles. The van der Waals surface area contributed by atoms with Crippen molar-refractivity contribution in [2.75, 3.05) is 26.2 Å². The highest BCUT2D eigenvalue weighted by Crippen LogP contribution is 2.29. The van der Waals surface area contributed by atoms with E-state index in [0.717, 1.165) is 24.2 Å². The second kappa shape index (κ2) is 8.78. The molecule has 6 heteroatoms. The Hall–Kier alpha value is -2.34. The summed E-state index contributed by atoms with van der Waals surface area (Å²) >= 11 is 0. The lowest BCUT2D eigenvalue weighted by Crippen LogP contribution is -2.50. The van der Waals surface area contributed by atoms with Crippen LogP contribution in [0, 0.1) is 18.8 Å². The third-order valence-corrected chi connectivity index (χ3v) is 5.39. The first-order valence-electron chi connectivity index (χ1n) is 10.1. The van der Waals surface area contributed by atoms with Gasteiger partial charge in [0.05, 0.1) is 18.2 Å². The maximum absolute atomic E-state index is 12.8. The summed E-state index contributed by atoms with van der Waals surface area (Å²) in [7, 11) is 0. The van der Waals surface area contributed by atoms with Crippen LogP contribution in [0.1, 0.15) is 44.4 Å². The largest absolute Gasteiger partial charge is 0.463 e. The summed E-state index contributed by atoms with van der Waals surface area (Å²) in [6.07, 6.45) is 1.21. The Morgan fingerprint density at radius 1 is 1.18 bits per heavy atom. The number of amides is 2. The molecule has 2 N–H and O–H groups in total. The number of nitrogens with one attached hydrogen (secondary N) is 2. The minimum Gasteiger partial charge on any atom is -0.463 e. The number of benzene rings is 1. The topological polar surface area (TPSA) is 70.7 Å². The highest BCUT2D eigenvalue weighted by molar-refractivity contribution is 5.95. The highest BCUT2D eigenvalue weighted by atomic mass is 16.5. The van der Waals surface area contributed by atoms with Crippen molar-refractivity contribution in [3.8, 4) is 0 Å². The van der Waals surface area contributed by atoms with Gasteiger partial charge in [-0.25, -0.2) is 9.59 Å². The van der Waals surface area contributed by atoms with Crippen molar-refractivity contribution in [3.05, 3.63) is 46.7 Å². The van der Waals surface area contributed by atoms with Gasteiger partial charge in [-0.05, 0) is 37.7 Å². The lowest BCUT2D eigenvalue weighted by atomic mass is 9.91. The number of rotatable bonds is 5. The molecule has 0 radical (unpaired) electrons. The predicted octanol–water partition coefficient (Wildman–Crippen LogP) is 3.14. The number of ether oxygens (including phenoxy) is 1. The Labute approximate surface area is 167 Å². The quantitative estimate of drug-likeness (QED) is 0.764. The zero-order valence-electron chi connectivity index (χ0n) is 17.2. The molecule has 1 aromatic rings. The zero-order chi connectivity index (χ0) is 20.3. The van der Waals surface area contributed by atoms with Gasteiger partial charge in [0.25, 0.3) is 0 Å². The van der Waals surface area contributed by atoms with Crippen LogP contribution in [0.5, 0.6) is 0 Å². The van der Waals surface area contributed by atoms with Crippen molar-refractivity contribution in [2.45, 2.75) is 40.2 Å². The van der Waals surface area contributed by atoms with Crippen LogP contribution in [-0.2, 0) is 9.53 Å². The fourth-order valence-electron chi connectivity index (χ4n) is 4.35. The molecule has 152 valence electrons. The van der Waals surface area contributed by atoms with Crippen molar-refractivity contribution in [3.63, 3.8) is 0 Å². The van der Waals surface area contributed by atoms with Gasteiger partial charge in [0.15, 0.2) is 0 Å². The molecule has 3 rings (SSSR count). The second-order valence-corrected chi connectivity index (χ2v) is 8.19. The number of likely N-dealkylation sites (tertiary alicyclic amines) is 1. The summed E-state index contributed by atoms with van der Waals surface area (Å²) < 4.78 is 5.35. The molecule has 3 atom stereocenters. The molecular formula is C22H31N3O3. The number of carbonyl (C=O) groups is 2. The van der Waals surface area contributed by atoms with Crippen LogP contribution in [0.25, 0.3) is 0 Å². The standard InChI is InChI=1S/C22H31N3O3/c1-5-28-21(26)19-18(13-25-11-15(3)10-16(4)12-25)23-22(27)24-20(19)17-8-6-14(2)7-9-17/h6-9,15-16,20H,5,10-13H2,1-4H3,(H2,23,24,27)/t15-,16+,20-/m0/s1. The number of esters is 1. The van der Waals surface area contributed by atoms with E-state index in [9.17, 15) is 9.59 Å². The molecular weight excluding hydrogens is 354 g/mol. The maximum atomic E-state index is 12.8. The molecule has 0 spiro atoms. The van der Waals surface area contributed by atoms with Gasteiger partial charge in [0, 0.05) is 25.3 Å². The maximum Gasteiger partial charge on any atom is 0.338 e. The minimum atomic E-state index is -0.511. The first kappa shape index (κ1) is 20.4. The van der Waals surface area contributed by atoms with E-state index in [1.54, 1.807) is 6.92 Å². The molecule has 28 heavy (non-hydrogen) atoms. The van der Waals surface area contributed by atoms with Gasteiger partial charge in [0.1, 0.15) is 0 Å². The van der Waals surface area contributed by atoms with Gasteiger partial charge in [0.2, 0.25) is 0 Å². The number of hydrogen-bond acceptors (Lipinski definition) is 4. The molecule has 0 aliphatic carbocycles. The second-order valence-electron chi connectivity index (χ2n) is 8.19. The van der Waals surface area contributed by atoms with E-state index in [1.807, 2.05) is 31.2 Å². The third-order valence-electron chi connectivity index (χ3n) is 5.39. The minimum absolute atomic E-state index is 0.285. The molecule has 1 saturated heterocycles. The number of urea groups is 1. The molecule has 0 unspecified atom stereocenters. The smallest absolute Gasteiger partial charge is 0.338 e. The fraction of sp³-hybridized carbons (Fsp3) is 0.545. The summed E-state index contributed by atoms with van der Waals surface area (Å²) in [5.41, 5.74) is 3.15. The van der Waals surface area contributed by atoms with Gasteiger partial charge in [-0.15, -0.1) is 0 Å². The first-order valence-corrected chi connectivity index (χ1v) is 10.1. The van der Waals surface area contributed by atoms with Gasteiger partial charge >= 0.3 is 12.0 Å². The highest BCUT2D eigenvalue weighted by Gasteiger charge is 2.35. The van der Waals surface area contributed by atoms with E-state index in [4.69, 9.17) is 4.74 Å². The number of carbonyl (C=O) groups excluding carboxylic acids is 2. The number of nitrogens with zero attached hydrogens (tertiary/aromatic N) is 1. The van der Waals surface area contributed by atoms with Crippen molar-refractivity contribution in [1.29, 1.82) is 0 Å². The molecule has 1 fully saturated rings. The summed E-state index contributed by atoms with van der Waals surface area (Å²) in [6.45, 7) is 11.1. The third kappa shape index (κ3) is 4.73. The fourth-order valence-corrected chi connectivity index (χ4v) is 4.35. The van der Waals surface area contributed by atoms with Crippen molar-refractivity contribution >= 4 is 12.0 Å². The summed E-state index contributed by atoms with van der Waals surface area (Å²) in [5, 5.41) is 5.78. The average molecular weight is 386 g/mol. The number of aryl methyl sites for hydroxylation is 1. The van der Waals surface area contributed by atoms with Gasteiger partial charge < -0.3 is 15.4 Å². The van der Waals surface area contributed by atoms with Crippen LogP contribution in [0.3, 0.4) is 0 Å². The lowest BCUT2D eigenvalue weighted by molar-refractivity contribution is -0.139. The SMILES string of the molecule is CCOC(=O)C1=C(CN2C[C@H](C)C[C@H](C)C2)NC(=O)N[C@H]1c1ccc(C)cc1. The van der Waals surface area contributed by atoms with Gasteiger partial charge in [-0.3, -0.25) is 4.90 Å². The van der Waals surface area contributed by atoms with E-state index < -0.39 is 6.04 Å². The Bertz CT molecular complexity index is 747. The van der Waals surface area contributed by atoms with Gasteiger partial charge in [-0.2, -0.15) is 0 Å². The Kier molecular flexibility index (Phi) is 6.39. The van der Waals surface area contributed by atoms with Crippen LogP contribution in [0.2, 0.25) is 0 Å². The van der Waals surface area contributed by atoms with Crippen LogP contribution < -0.4 is 10.6 Å². The summed E-state index contributed by atoms with van der Waals surface area (Å²) in [5.74, 6) is 0.815. The molecule has 2 amide bonds. The summed E-state index contributed by atoms with van der Waals surface area (Å²) in [6, 6.07) is 7.08. The zero-order valence-corrected chi connectivity index (χ0v) is 17.2. The first-order chi connectivity index (χ1) is 13.4. The normalized spacial score (nSPS) is 25.9. The van der Waals surface area contributed by atoms with Crippen LogP contribution >= 0.6 is 0 Å².